The molecular weight excluding hydrogens is 334 g/mol. The van der Waals surface area contributed by atoms with Crippen LogP contribution in [0.4, 0.5) is 20.3 Å². The van der Waals surface area contributed by atoms with Gasteiger partial charge in [-0.3, -0.25) is 14.7 Å². The molecule has 2 aromatic heterocycles. The van der Waals surface area contributed by atoms with E-state index in [4.69, 9.17) is 5.73 Å². The van der Waals surface area contributed by atoms with Crippen LogP contribution in [0.5, 0.6) is 0 Å². The number of halogens is 2. The van der Waals surface area contributed by atoms with Crippen LogP contribution in [0.2, 0.25) is 0 Å². The third-order valence-corrected chi connectivity index (χ3v) is 4.51. The molecule has 1 fully saturated rings. The number of hydrogen-bond acceptors (Lipinski definition) is 5. The Hall–Kier alpha value is -2.78. The molecule has 25 heavy (non-hydrogen) atoms. The molecule has 10 heteroatoms. The molecule has 2 aromatic rings. The van der Waals surface area contributed by atoms with Crippen LogP contribution in [-0.2, 0) is 9.59 Å². The number of carbonyl (C=O) groups is 2. The van der Waals surface area contributed by atoms with Gasteiger partial charge in [-0.15, -0.1) is 0 Å². The standard InChI is InChI=1S/C15H18F2N6O2/c1-7-6-23(8(2)3-15(7,16)17)14(25)13(24)21-10-5-19-12(18)9-4-20-22-11(9)10/h4-5,7-8H,3,6H2,1-2H3,(H2,18,19)(H,20,22)(H,21,24)/t7-,8+/m1/s1. The van der Waals surface area contributed by atoms with Crippen molar-refractivity contribution in [1.82, 2.24) is 20.1 Å². The third kappa shape index (κ3) is 2.99. The van der Waals surface area contributed by atoms with E-state index in [1.807, 2.05) is 0 Å². The van der Waals surface area contributed by atoms with Gasteiger partial charge in [0.05, 0.1) is 29.0 Å². The topological polar surface area (TPSA) is 117 Å². The fourth-order valence-corrected chi connectivity index (χ4v) is 2.95. The number of anilines is 2. The summed E-state index contributed by atoms with van der Waals surface area (Å²) in [5.41, 5.74) is 6.38. The Labute approximate surface area is 141 Å². The van der Waals surface area contributed by atoms with Gasteiger partial charge in [-0.25, -0.2) is 13.8 Å². The summed E-state index contributed by atoms with van der Waals surface area (Å²) in [6.07, 6.45) is 2.28. The maximum atomic E-state index is 13.7. The van der Waals surface area contributed by atoms with Gasteiger partial charge >= 0.3 is 11.8 Å². The number of likely N-dealkylation sites (tertiary alicyclic amines) is 1. The van der Waals surface area contributed by atoms with Crippen molar-refractivity contribution in [3.8, 4) is 0 Å². The normalized spacial score (nSPS) is 22.8. The van der Waals surface area contributed by atoms with E-state index >= 15 is 0 Å². The molecule has 1 aliphatic rings. The number of piperidine rings is 1. The second-order valence-corrected chi connectivity index (χ2v) is 6.34. The molecule has 2 amide bonds. The monoisotopic (exact) mass is 352 g/mol. The molecule has 8 nitrogen and oxygen atoms in total. The lowest BCUT2D eigenvalue weighted by Crippen LogP contribution is -2.55. The summed E-state index contributed by atoms with van der Waals surface area (Å²) in [7, 11) is 0. The van der Waals surface area contributed by atoms with E-state index in [0.29, 0.717) is 10.9 Å². The Kier molecular flexibility index (Phi) is 4.05. The van der Waals surface area contributed by atoms with Crippen LogP contribution in [0.1, 0.15) is 20.3 Å². The quantitative estimate of drug-likeness (QED) is 0.670. The summed E-state index contributed by atoms with van der Waals surface area (Å²) in [5.74, 6) is -5.42. The van der Waals surface area contributed by atoms with E-state index in [-0.39, 0.29) is 18.1 Å². The van der Waals surface area contributed by atoms with Gasteiger partial charge in [0, 0.05) is 24.9 Å². The summed E-state index contributed by atoms with van der Waals surface area (Å²) >= 11 is 0. The minimum Gasteiger partial charge on any atom is -0.383 e. The largest absolute Gasteiger partial charge is 0.383 e. The minimum absolute atomic E-state index is 0.181. The van der Waals surface area contributed by atoms with Crippen LogP contribution in [-0.4, -0.2) is 50.4 Å². The number of aromatic amines is 1. The zero-order chi connectivity index (χ0) is 18.4. The Bertz CT molecular complexity index is 837. The van der Waals surface area contributed by atoms with Crippen molar-refractivity contribution in [2.75, 3.05) is 17.6 Å². The number of H-pyrrole nitrogens is 1. The fourth-order valence-electron chi connectivity index (χ4n) is 2.95. The highest BCUT2D eigenvalue weighted by atomic mass is 19.3. The number of fused-ring (bicyclic) bond motifs is 1. The zero-order valence-electron chi connectivity index (χ0n) is 13.7. The van der Waals surface area contributed by atoms with Crippen molar-refractivity contribution in [3.05, 3.63) is 12.4 Å². The van der Waals surface area contributed by atoms with Crippen LogP contribution in [0.25, 0.3) is 10.9 Å². The number of aromatic nitrogens is 3. The SMILES string of the molecule is C[C@@H]1CN(C(=O)C(=O)Nc2cnc(N)c3cn[nH]c23)[C@@H](C)CC1(F)F. The first kappa shape index (κ1) is 17.1. The highest BCUT2D eigenvalue weighted by Gasteiger charge is 2.46. The number of nitrogen functional groups attached to an aromatic ring is 1. The Balaban J connectivity index is 1.78. The maximum absolute atomic E-state index is 13.7. The van der Waals surface area contributed by atoms with Gasteiger partial charge in [-0.2, -0.15) is 5.10 Å². The van der Waals surface area contributed by atoms with Crippen LogP contribution < -0.4 is 11.1 Å². The molecule has 0 aromatic carbocycles. The number of alkyl halides is 2. The lowest BCUT2D eigenvalue weighted by molar-refractivity contribution is -0.157. The van der Waals surface area contributed by atoms with Gasteiger partial charge in [0.2, 0.25) is 0 Å². The second-order valence-electron chi connectivity index (χ2n) is 6.34. The highest BCUT2D eigenvalue weighted by molar-refractivity contribution is 6.40. The van der Waals surface area contributed by atoms with Gasteiger partial charge in [0.25, 0.3) is 5.92 Å². The summed E-state index contributed by atoms with van der Waals surface area (Å²) < 4.78 is 27.5. The number of nitrogens with two attached hydrogens (primary N) is 1. The average molecular weight is 352 g/mol. The van der Waals surface area contributed by atoms with E-state index in [1.54, 1.807) is 0 Å². The van der Waals surface area contributed by atoms with Crippen LogP contribution >= 0.6 is 0 Å². The third-order valence-electron chi connectivity index (χ3n) is 4.51. The van der Waals surface area contributed by atoms with E-state index in [1.165, 1.54) is 31.1 Å². The molecule has 0 saturated carbocycles. The molecular formula is C15H18F2N6O2. The lowest BCUT2D eigenvalue weighted by Gasteiger charge is -2.41. The number of carbonyl (C=O) groups excluding carboxylic acids is 2. The number of pyridine rings is 1. The lowest BCUT2D eigenvalue weighted by atomic mass is 9.90. The van der Waals surface area contributed by atoms with Gasteiger partial charge in [0.15, 0.2) is 0 Å². The van der Waals surface area contributed by atoms with Gasteiger partial charge in [-0.1, -0.05) is 6.92 Å². The number of amides is 2. The first-order valence-corrected chi connectivity index (χ1v) is 7.78. The predicted molar refractivity (Wildman–Crippen MR) is 86.8 cm³/mol. The van der Waals surface area contributed by atoms with Crippen molar-refractivity contribution in [2.45, 2.75) is 32.2 Å². The first-order chi connectivity index (χ1) is 11.7. The van der Waals surface area contributed by atoms with Gasteiger partial charge in [0.1, 0.15) is 5.82 Å². The molecule has 3 heterocycles. The van der Waals surface area contributed by atoms with Crippen molar-refractivity contribution in [1.29, 1.82) is 0 Å². The predicted octanol–water partition coefficient (Wildman–Crippen LogP) is 1.37. The molecule has 0 radical (unpaired) electrons. The molecule has 0 unspecified atom stereocenters. The maximum Gasteiger partial charge on any atom is 0.314 e. The smallest absolute Gasteiger partial charge is 0.314 e. The molecule has 3 rings (SSSR count). The van der Waals surface area contributed by atoms with Crippen molar-refractivity contribution in [2.24, 2.45) is 5.92 Å². The highest BCUT2D eigenvalue weighted by Crippen LogP contribution is 2.36. The van der Waals surface area contributed by atoms with Crippen molar-refractivity contribution < 1.29 is 18.4 Å². The molecule has 4 N–H and O–H groups in total. The number of rotatable bonds is 1. The number of nitrogens with zero attached hydrogens (tertiary/aromatic N) is 3. The van der Waals surface area contributed by atoms with Crippen LogP contribution in [0, 0.1) is 5.92 Å². The van der Waals surface area contributed by atoms with E-state index in [0.717, 1.165) is 0 Å². The molecule has 1 aliphatic heterocycles. The van der Waals surface area contributed by atoms with Gasteiger partial charge in [-0.05, 0) is 6.92 Å². The molecule has 0 aliphatic carbocycles. The summed E-state index contributed by atoms with van der Waals surface area (Å²) in [6.45, 7) is 2.69. The number of hydrogen-bond donors (Lipinski definition) is 3. The molecule has 1 saturated heterocycles. The molecule has 0 spiro atoms. The van der Waals surface area contributed by atoms with E-state index < -0.39 is 36.1 Å². The molecule has 0 bridgehead atoms. The Morgan fingerprint density at radius 3 is 2.84 bits per heavy atom. The van der Waals surface area contributed by atoms with Crippen molar-refractivity contribution in [3.63, 3.8) is 0 Å². The van der Waals surface area contributed by atoms with Gasteiger partial charge < -0.3 is 16.0 Å². The van der Waals surface area contributed by atoms with E-state index in [2.05, 4.69) is 20.5 Å². The van der Waals surface area contributed by atoms with Crippen molar-refractivity contribution >= 4 is 34.2 Å². The summed E-state index contributed by atoms with van der Waals surface area (Å²) in [5, 5.41) is 9.45. The summed E-state index contributed by atoms with van der Waals surface area (Å²) in [6, 6.07) is -0.735. The minimum atomic E-state index is -2.85. The fraction of sp³-hybridized carbons (Fsp3) is 0.467. The zero-order valence-corrected chi connectivity index (χ0v) is 13.7. The first-order valence-electron chi connectivity index (χ1n) is 7.78. The Morgan fingerprint density at radius 2 is 2.12 bits per heavy atom. The average Bonchev–Trinajstić information content (AvgIpc) is 3.03. The molecule has 2 atom stereocenters. The molecule has 134 valence electrons. The van der Waals surface area contributed by atoms with E-state index in [9.17, 15) is 18.4 Å². The number of nitrogens with one attached hydrogen (secondary N) is 2. The summed E-state index contributed by atoms with van der Waals surface area (Å²) in [4.78, 5) is 29.8. The second kappa shape index (κ2) is 5.94. The van der Waals surface area contributed by atoms with Crippen LogP contribution in [0.15, 0.2) is 12.4 Å². The van der Waals surface area contributed by atoms with Crippen LogP contribution in [0.3, 0.4) is 0 Å². The Morgan fingerprint density at radius 1 is 1.40 bits per heavy atom.